The van der Waals surface area contributed by atoms with Crippen molar-refractivity contribution >= 4 is 27.8 Å². The minimum absolute atomic E-state index is 0. The third kappa shape index (κ3) is 2.05. The second kappa shape index (κ2) is 5.37. The lowest BCUT2D eigenvalue weighted by Crippen LogP contribution is -2.29. The van der Waals surface area contributed by atoms with E-state index >= 15 is 0 Å². The highest BCUT2D eigenvalue weighted by atomic mass is 16.2. The molecule has 1 aromatic heterocycles. The van der Waals surface area contributed by atoms with E-state index in [1.807, 2.05) is 36.4 Å². The van der Waals surface area contributed by atoms with Crippen molar-refractivity contribution in [3.8, 4) is 0 Å². The molecule has 0 saturated heterocycles. The number of para-hydroxylation sites is 2. The summed E-state index contributed by atoms with van der Waals surface area (Å²) in [6, 6.07) is 16.0. The largest absolute Gasteiger partial charge is 0.337 e. The number of amides is 1. The molecule has 20 heavy (non-hydrogen) atoms. The lowest BCUT2D eigenvalue weighted by atomic mass is 10.2. The van der Waals surface area contributed by atoms with Crippen LogP contribution in [0.2, 0.25) is 0 Å². The number of carbonyl (C=O) groups excluding carboxylic acids is 1. The minimum atomic E-state index is -0.0455. The fraction of sp³-hybridized carbons (Fsp3) is 0.235. The van der Waals surface area contributed by atoms with Crippen molar-refractivity contribution in [2.24, 2.45) is 0 Å². The molecule has 1 N–H and O–H groups in total. The van der Waals surface area contributed by atoms with Gasteiger partial charge in [0.2, 0.25) is 0 Å². The Bertz CT molecular complexity index is 710. The first kappa shape index (κ1) is 12.7. The molecule has 0 spiro atoms. The number of benzene rings is 2. The summed E-state index contributed by atoms with van der Waals surface area (Å²) < 4.78 is 1.78. The molecule has 0 unspecified atom stereocenters. The average Bonchev–Trinajstić information content (AvgIpc) is 2.82. The first-order chi connectivity index (χ1) is 9.83. The van der Waals surface area contributed by atoms with Gasteiger partial charge in [-0.1, -0.05) is 49.7 Å². The predicted molar refractivity (Wildman–Crippen MR) is 85.3 cm³/mol. The van der Waals surface area contributed by atoms with E-state index < -0.39 is 0 Å². The smallest absolute Gasteiger partial charge is 0.326 e. The maximum atomic E-state index is 12.5. The number of hydrogen-bond acceptors (Lipinski definition) is 1. The predicted octanol–water partition coefficient (Wildman–Crippen LogP) is 4.40. The number of hydrogen-bond donors (Lipinski definition) is 1. The van der Waals surface area contributed by atoms with Gasteiger partial charge in [-0.2, -0.15) is 0 Å². The molecule has 0 saturated carbocycles. The molecule has 0 atom stereocenters. The molecular weight excluding hydrogens is 248 g/mol. The Morgan fingerprint density at radius 2 is 1.60 bits per heavy atom. The number of nitrogens with zero attached hydrogens (tertiary/aromatic N) is 1. The summed E-state index contributed by atoms with van der Waals surface area (Å²) >= 11 is 0. The van der Waals surface area contributed by atoms with E-state index in [1.54, 1.807) is 4.57 Å². The van der Waals surface area contributed by atoms with E-state index in [9.17, 15) is 4.79 Å². The maximum Gasteiger partial charge on any atom is 0.326 e. The zero-order valence-electron chi connectivity index (χ0n) is 11.6. The highest BCUT2D eigenvalue weighted by Crippen LogP contribution is 2.28. The molecule has 104 valence electrons. The number of aromatic nitrogens is 1. The molecule has 1 heterocycles. The molecule has 1 amide bonds. The third-order valence-electron chi connectivity index (χ3n) is 3.59. The average molecular weight is 268 g/mol. The molecule has 3 nitrogen and oxygen atoms in total. The first-order valence-electron chi connectivity index (χ1n) is 7.09. The Labute approximate surface area is 119 Å². The van der Waals surface area contributed by atoms with Crippen LogP contribution in [0.3, 0.4) is 0 Å². The van der Waals surface area contributed by atoms with E-state index in [4.69, 9.17) is 0 Å². The van der Waals surface area contributed by atoms with Crippen molar-refractivity contribution in [3.05, 3.63) is 48.5 Å². The van der Waals surface area contributed by atoms with Crippen LogP contribution in [0, 0.1) is 0 Å². The Kier molecular flexibility index (Phi) is 3.42. The summed E-state index contributed by atoms with van der Waals surface area (Å²) in [5.74, 6) is 0. The van der Waals surface area contributed by atoms with Crippen molar-refractivity contribution in [1.82, 2.24) is 9.88 Å². The number of nitrogens with one attached hydrogen (secondary N) is 1. The van der Waals surface area contributed by atoms with Crippen molar-refractivity contribution in [2.75, 3.05) is 6.54 Å². The van der Waals surface area contributed by atoms with Crippen LogP contribution in [0.1, 0.15) is 21.2 Å². The first-order valence-corrected chi connectivity index (χ1v) is 7.09. The van der Waals surface area contributed by atoms with E-state index in [0.29, 0.717) is 0 Å². The number of rotatable bonds is 3. The van der Waals surface area contributed by atoms with Crippen LogP contribution in [-0.4, -0.2) is 17.1 Å². The highest BCUT2D eigenvalue weighted by Gasteiger charge is 2.14. The van der Waals surface area contributed by atoms with Gasteiger partial charge in [0, 0.05) is 18.7 Å². The Morgan fingerprint density at radius 3 is 2.15 bits per heavy atom. The van der Waals surface area contributed by atoms with Crippen molar-refractivity contribution in [3.63, 3.8) is 0 Å². The standard InChI is InChI=1S/C17H18N2O.H2/c1-2-3-12-18-17(20)19-15-10-6-4-8-13(15)14-9-5-7-11-16(14)19;/h4-11H,2-3,12H2,1H3,(H,18,20);1H. The summed E-state index contributed by atoms with van der Waals surface area (Å²) in [7, 11) is 0. The van der Waals surface area contributed by atoms with Gasteiger partial charge in [0.25, 0.3) is 0 Å². The molecule has 3 aromatic rings. The minimum Gasteiger partial charge on any atom is -0.337 e. The van der Waals surface area contributed by atoms with E-state index in [-0.39, 0.29) is 7.46 Å². The number of unbranched alkanes of at least 4 members (excludes halogenated alkanes) is 1. The molecule has 0 aliphatic carbocycles. The third-order valence-corrected chi connectivity index (χ3v) is 3.59. The van der Waals surface area contributed by atoms with E-state index in [0.717, 1.165) is 41.2 Å². The molecule has 0 bridgehead atoms. The van der Waals surface area contributed by atoms with Crippen LogP contribution < -0.4 is 5.32 Å². The zero-order valence-corrected chi connectivity index (χ0v) is 11.6. The van der Waals surface area contributed by atoms with Crippen molar-refractivity contribution < 1.29 is 6.22 Å². The SMILES string of the molecule is CCCCNC(=O)n1c2ccccc2c2ccccc21.[HH]. The van der Waals surface area contributed by atoms with Crippen LogP contribution >= 0.6 is 0 Å². The van der Waals surface area contributed by atoms with Crippen LogP contribution in [-0.2, 0) is 0 Å². The van der Waals surface area contributed by atoms with Gasteiger partial charge in [0.1, 0.15) is 0 Å². The quantitative estimate of drug-likeness (QED) is 0.702. The molecular formula is C17H20N2O. The fourth-order valence-electron chi connectivity index (χ4n) is 2.59. The van der Waals surface area contributed by atoms with Gasteiger partial charge in [-0.25, -0.2) is 4.79 Å². The van der Waals surface area contributed by atoms with Crippen LogP contribution in [0.25, 0.3) is 21.8 Å². The molecule has 0 radical (unpaired) electrons. The van der Waals surface area contributed by atoms with Crippen molar-refractivity contribution in [1.29, 1.82) is 0 Å². The summed E-state index contributed by atoms with van der Waals surface area (Å²) in [5, 5.41) is 5.23. The maximum absolute atomic E-state index is 12.5. The van der Waals surface area contributed by atoms with Gasteiger partial charge in [-0.3, -0.25) is 4.57 Å². The molecule has 3 rings (SSSR count). The fourth-order valence-corrected chi connectivity index (χ4v) is 2.59. The topological polar surface area (TPSA) is 34.0 Å². The van der Waals surface area contributed by atoms with E-state index in [1.165, 1.54) is 0 Å². The molecule has 2 aromatic carbocycles. The number of carbonyl (C=O) groups is 1. The van der Waals surface area contributed by atoms with Crippen LogP contribution in [0.5, 0.6) is 0 Å². The summed E-state index contributed by atoms with van der Waals surface area (Å²) in [5.41, 5.74) is 1.92. The van der Waals surface area contributed by atoms with Gasteiger partial charge >= 0.3 is 6.03 Å². The monoisotopic (exact) mass is 268 g/mol. The van der Waals surface area contributed by atoms with Crippen LogP contribution in [0.4, 0.5) is 4.79 Å². The van der Waals surface area contributed by atoms with Crippen molar-refractivity contribution in [2.45, 2.75) is 19.8 Å². The Balaban J connectivity index is 0.00000161. The van der Waals surface area contributed by atoms with Gasteiger partial charge in [0.15, 0.2) is 0 Å². The molecule has 0 aliphatic heterocycles. The normalized spacial score (nSPS) is 11.1. The summed E-state index contributed by atoms with van der Waals surface area (Å²) in [6.07, 6.45) is 2.08. The van der Waals surface area contributed by atoms with Gasteiger partial charge in [-0.15, -0.1) is 0 Å². The van der Waals surface area contributed by atoms with Gasteiger partial charge in [-0.05, 0) is 18.6 Å². The number of fused-ring (bicyclic) bond motifs is 3. The zero-order chi connectivity index (χ0) is 13.9. The second-order valence-corrected chi connectivity index (χ2v) is 4.96. The van der Waals surface area contributed by atoms with E-state index in [2.05, 4.69) is 24.4 Å². The highest BCUT2D eigenvalue weighted by molar-refractivity contribution is 6.12. The molecule has 3 heteroatoms. The van der Waals surface area contributed by atoms with Crippen LogP contribution in [0.15, 0.2) is 48.5 Å². The second-order valence-electron chi connectivity index (χ2n) is 4.96. The Hall–Kier alpha value is -2.29. The molecule has 0 aliphatic rings. The summed E-state index contributed by atoms with van der Waals surface area (Å²) in [6.45, 7) is 2.84. The van der Waals surface area contributed by atoms with Gasteiger partial charge < -0.3 is 5.32 Å². The lowest BCUT2D eigenvalue weighted by molar-refractivity contribution is 0.244. The Morgan fingerprint density at radius 1 is 1.05 bits per heavy atom. The lowest BCUT2D eigenvalue weighted by Gasteiger charge is -2.07. The summed E-state index contributed by atoms with van der Waals surface area (Å²) in [4.78, 5) is 12.5. The van der Waals surface area contributed by atoms with Gasteiger partial charge in [0.05, 0.1) is 11.0 Å². The molecule has 0 fully saturated rings.